The largest absolute Gasteiger partial charge is 0.411 e. The van der Waals surface area contributed by atoms with Crippen LogP contribution in [0.3, 0.4) is 0 Å². The molecular formula is C14H16N2O. The van der Waals surface area contributed by atoms with E-state index in [-0.39, 0.29) is 0 Å². The molecule has 3 nitrogen and oxygen atoms in total. The van der Waals surface area contributed by atoms with E-state index in [1.54, 1.807) is 0 Å². The fourth-order valence-corrected chi connectivity index (χ4v) is 2.79. The van der Waals surface area contributed by atoms with Gasteiger partial charge in [0, 0.05) is 32.0 Å². The van der Waals surface area contributed by atoms with E-state index in [2.05, 4.69) is 40.4 Å². The first-order chi connectivity index (χ1) is 8.36. The summed E-state index contributed by atoms with van der Waals surface area (Å²) < 4.78 is 0. The second kappa shape index (κ2) is 4.34. The van der Waals surface area contributed by atoms with Crippen molar-refractivity contribution in [3.63, 3.8) is 0 Å². The van der Waals surface area contributed by atoms with Crippen LogP contribution in [0.15, 0.2) is 47.1 Å². The molecular weight excluding hydrogens is 212 g/mol. The van der Waals surface area contributed by atoms with Gasteiger partial charge in [0.15, 0.2) is 0 Å². The first-order valence-electron chi connectivity index (χ1n) is 6.03. The number of rotatable bonds is 2. The molecule has 1 aromatic rings. The maximum Gasteiger partial charge on any atom is 0.0692 e. The molecule has 3 heteroatoms. The maximum atomic E-state index is 8.93. The number of nitrogens with zero attached hydrogens (tertiary/aromatic N) is 2. The fraction of sp³-hybridized carbons (Fsp3) is 0.357. The van der Waals surface area contributed by atoms with Crippen LogP contribution in [0.2, 0.25) is 0 Å². The number of oxime groups is 1. The quantitative estimate of drug-likeness (QED) is 0.479. The van der Waals surface area contributed by atoms with E-state index in [1.165, 1.54) is 11.1 Å². The molecule has 0 aromatic heterocycles. The van der Waals surface area contributed by atoms with Crippen LogP contribution in [-0.4, -0.2) is 28.9 Å². The van der Waals surface area contributed by atoms with Gasteiger partial charge < -0.3 is 5.21 Å². The van der Waals surface area contributed by atoms with E-state index in [9.17, 15) is 0 Å². The summed E-state index contributed by atoms with van der Waals surface area (Å²) in [6.45, 7) is 2.98. The average Bonchev–Trinajstić information content (AvgIpc) is 2.89. The molecule has 1 fully saturated rings. The van der Waals surface area contributed by atoms with Crippen molar-refractivity contribution in [2.24, 2.45) is 11.1 Å². The van der Waals surface area contributed by atoms with E-state index in [0.29, 0.717) is 5.92 Å². The van der Waals surface area contributed by atoms with E-state index in [4.69, 9.17) is 5.21 Å². The minimum atomic E-state index is 0.365. The molecule has 0 spiro atoms. The lowest BCUT2D eigenvalue weighted by atomic mass is 10.0. The fourth-order valence-electron chi connectivity index (χ4n) is 2.79. The van der Waals surface area contributed by atoms with Gasteiger partial charge >= 0.3 is 0 Å². The molecule has 2 aliphatic rings. The minimum absolute atomic E-state index is 0.365. The van der Waals surface area contributed by atoms with Gasteiger partial charge in [-0.25, -0.2) is 0 Å². The summed E-state index contributed by atoms with van der Waals surface area (Å²) in [5.41, 5.74) is 3.69. The Morgan fingerprint density at radius 2 is 2.12 bits per heavy atom. The van der Waals surface area contributed by atoms with Crippen molar-refractivity contribution >= 4 is 5.71 Å². The molecule has 88 valence electrons. The first-order valence-corrected chi connectivity index (χ1v) is 6.03. The number of hydrogen-bond acceptors (Lipinski definition) is 3. The van der Waals surface area contributed by atoms with Gasteiger partial charge in [-0.15, -0.1) is 0 Å². The van der Waals surface area contributed by atoms with Crippen molar-refractivity contribution in [3.8, 4) is 0 Å². The topological polar surface area (TPSA) is 35.8 Å². The van der Waals surface area contributed by atoms with Crippen molar-refractivity contribution < 1.29 is 5.21 Å². The summed E-state index contributed by atoms with van der Waals surface area (Å²) in [6, 6.07) is 10.5. The van der Waals surface area contributed by atoms with Crippen LogP contribution in [0, 0.1) is 5.92 Å². The second-order valence-electron chi connectivity index (χ2n) is 4.78. The minimum Gasteiger partial charge on any atom is -0.411 e. The van der Waals surface area contributed by atoms with Gasteiger partial charge in [0.25, 0.3) is 0 Å². The summed E-state index contributed by atoms with van der Waals surface area (Å²) in [7, 11) is 0. The Morgan fingerprint density at radius 3 is 2.88 bits per heavy atom. The van der Waals surface area contributed by atoms with Gasteiger partial charge in [0.2, 0.25) is 0 Å². The molecule has 1 saturated heterocycles. The Labute approximate surface area is 101 Å². The summed E-state index contributed by atoms with van der Waals surface area (Å²) in [6.07, 6.45) is 3.04. The predicted octanol–water partition coefficient (Wildman–Crippen LogP) is 2.28. The lowest BCUT2D eigenvalue weighted by molar-refractivity contribution is 0.308. The Hall–Kier alpha value is -1.61. The summed E-state index contributed by atoms with van der Waals surface area (Å²) in [4.78, 5) is 2.41. The van der Waals surface area contributed by atoms with Crippen molar-refractivity contribution in [1.82, 2.24) is 4.90 Å². The SMILES string of the molecule is ON=C1CC=C2CN(Cc3ccccc3)CC21. The number of likely N-dealkylation sites (tertiary alicyclic amines) is 1. The molecule has 1 unspecified atom stereocenters. The number of fused-ring (bicyclic) bond motifs is 1. The van der Waals surface area contributed by atoms with Crippen LogP contribution < -0.4 is 0 Å². The molecule has 1 aliphatic carbocycles. The summed E-state index contributed by atoms with van der Waals surface area (Å²) in [5, 5.41) is 12.3. The van der Waals surface area contributed by atoms with E-state index >= 15 is 0 Å². The van der Waals surface area contributed by atoms with E-state index in [1.807, 2.05) is 6.07 Å². The molecule has 0 radical (unpaired) electrons. The highest BCUT2D eigenvalue weighted by atomic mass is 16.4. The lowest BCUT2D eigenvalue weighted by Gasteiger charge is -2.15. The first kappa shape index (κ1) is 10.5. The van der Waals surface area contributed by atoms with Gasteiger partial charge in [0.1, 0.15) is 0 Å². The van der Waals surface area contributed by atoms with Crippen LogP contribution >= 0.6 is 0 Å². The zero-order chi connectivity index (χ0) is 11.7. The molecule has 0 bridgehead atoms. The average molecular weight is 228 g/mol. The normalized spacial score (nSPS) is 26.2. The molecule has 0 saturated carbocycles. The van der Waals surface area contributed by atoms with Crippen molar-refractivity contribution in [1.29, 1.82) is 0 Å². The van der Waals surface area contributed by atoms with E-state index in [0.717, 1.165) is 31.8 Å². The van der Waals surface area contributed by atoms with E-state index < -0.39 is 0 Å². The van der Waals surface area contributed by atoms with Gasteiger partial charge in [-0.1, -0.05) is 41.6 Å². The molecule has 1 aromatic carbocycles. The highest BCUT2D eigenvalue weighted by Crippen LogP contribution is 2.31. The number of hydrogen-bond donors (Lipinski definition) is 1. The Kier molecular flexibility index (Phi) is 2.69. The van der Waals surface area contributed by atoms with Gasteiger partial charge in [-0.3, -0.25) is 4.90 Å². The number of allylic oxidation sites excluding steroid dienone is 1. The monoisotopic (exact) mass is 228 g/mol. The van der Waals surface area contributed by atoms with Crippen LogP contribution in [0.5, 0.6) is 0 Å². The number of benzene rings is 1. The van der Waals surface area contributed by atoms with Crippen LogP contribution in [0.4, 0.5) is 0 Å². The molecule has 17 heavy (non-hydrogen) atoms. The third-order valence-corrected chi connectivity index (χ3v) is 3.65. The Morgan fingerprint density at radius 1 is 1.29 bits per heavy atom. The zero-order valence-electron chi connectivity index (χ0n) is 9.71. The van der Waals surface area contributed by atoms with Crippen LogP contribution in [-0.2, 0) is 6.54 Å². The lowest BCUT2D eigenvalue weighted by Crippen LogP contribution is -2.22. The predicted molar refractivity (Wildman–Crippen MR) is 67.1 cm³/mol. The summed E-state index contributed by atoms with van der Waals surface area (Å²) >= 11 is 0. The maximum absolute atomic E-state index is 8.93. The van der Waals surface area contributed by atoms with Gasteiger partial charge in [-0.2, -0.15) is 0 Å². The highest BCUT2D eigenvalue weighted by Gasteiger charge is 2.34. The third-order valence-electron chi connectivity index (χ3n) is 3.65. The third kappa shape index (κ3) is 1.98. The molecule has 1 aliphatic heterocycles. The summed E-state index contributed by atoms with van der Waals surface area (Å²) in [5.74, 6) is 0.365. The highest BCUT2D eigenvalue weighted by molar-refractivity contribution is 5.93. The molecule has 1 heterocycles. The van der Waals surface area contributed by atoms with Crippen molar-refractivity contribution in [2.75, 3.05) is 13.1 Å². The zero-order valence-corrected chi connectivity index (χ0v) is 9.71. The Balaban J connectivity index is 1.69. The van der Waals surface area contributed by atoms with Crippen LogP contribution in [0.25, 0.3) is 0 Å². The van der Waals surface area contributed by atoms with Gasteiger partial charge in [0.05, 0.1) is 5.71 Å². The van der Waals surface area contributed by atoms with Crippen molar-refractivity contribution in [2.45, 2.75) is 13.0 Å². The second-order valence-corrected chi connectivity index (χ2v) is 4.78. The van der Waals surface area contributed by atoms with Gasteiger partial charge in [-0.05, 0) is 11.1 Å². The molecule has 1 N–H and O–H groups in total. The Bertz CT molecular complexity index is 464. The molecule has 1 atom stereocenters. The standard InChI is InChI=1S/C14H16N2O/c17-15-14-7-6-12-9-16(10-13(12)14)8-11-4-2-1-3-5-11/h1-6,13,17H,7-10H2. The van der Waals surface area contributed by atoms with Crippen molar-refractivity contribution in [3.05, 3.63) is 47.5 Å². The smallest absolute Gasteiger partial charge is 0.0692 e. The van der Waals surface area contributed by atoms with Crippen LogP contribution in [0.1, 0.15) is 12.0 Å². The molecule has 0 amide bonds. The molecule has 3 rings (SSSR count).